The molecule has 0 aliphatic carbocycles. The Kier molecular flexibility index (Phi) is 5.56. The second kappa shape index (κ2) is 7.88. The van der Waals surface area contributed by atoms with Gasteiger partial charge in [0.1, 0.15) is 5.01 Å². The molecule has 0 bridgehead atoms. The van der Waals surface area contributed by atoms with Crippen LogP contribution in [0.2, 0.25) is 0 Å². The molecule has 1 N–H and O–H groups in total. The van der Waals surface area contributed by atoms with Crippen molar-refractivity contribution in [2.75, 3.05) is 6.61 Å². The highest BCUT2D eigenvalue weighted by molar-refractivity contribution is 7.21. The average molecular weight is 382 g/mol. The Morgan fingerprint density at radius 1 is 1.11 bits per heavy atom. The molecular formula is C21H22N2O3S. The van der Waals surface area contributed by atoms with Crippen LogP contribution in [0.5, 0.6) is 0 Å². The Morgan fingerprint density at radius 3 is 2.56 bits per heavy atom. The fourth-order valence-electron chi connectivity index (χ4n) is 2.55. The van der Waals surface area contributed by atoms with Gasteiger partial charge in [-0.1, -0.05) is 37.3 Å². The van der Waals surface area contributed by atoms with E-state index in [0.717, 1.165) is 21.6 Å². The number of para-hydroxylation sites is 1. The first-order valence-corrected chi connectivity index (χ1v) is 9.64. The lowest BCUT2D eigenvalue weighted by molar-refractivity contribution is -0.125. The third-order valence-corrected chi connectivity index (χ3v) is 5.44. The molecule has 2 aromatic carbocycles. The van der Waals surface area contributed by atoms with E-state index in [0.29, 0.717) is 11.1 Å². The molecule has 0 aliphatic rings. The highest BCUT2D eigenvalue weighted by atomic mass is 32.1. The predicted octanol–water partition coefficient (Wildman–Crippen LogP) is 4.42. The van der Waals surface area contributed by atoms with E-state index in [1.54, 1.807) is 12.1 Å². The van der Waals surface area contributed by atoms with Gasteiger partial charge in [-0.3, -0.25) is 4.79 Å². The second-order valence-corrected chi connectivity index (χ2v) is 7.92. The Hall–Kier alpha value is -2.73. The number of aromatic nitrogens is 1. The van der Waals surface area contributed by atoms with Gasteiger partial charge in [0.25, 0.3) is 5.91 Å². The smallest absolute Gasteiger partial charge is 0.339 e. The van der Waals surface area contributed by atoms with Gasteiger partial charge in [0, 0.05) is 11.1 Å². The van der Waals surface area contributed by atoms with E-state index in [2.05, 4.69) is 10.3 Å². The number of fused-ring (bicyclic) bond motifs is 1. The van der Waals surface area contributed by atoms with Gasteiger partial charge in [-0.05, 0) is 38.5 Å². The largest absolute Gasteiger partial charge is 0.452 e. The van der Waals surface area contributed by atoms with Crippen LogP contribution in [0.1, 0.15) is 37.6 Å². The average Bonchev–Trinajstić information content (AvgIpc) is 3.10. The minimum Gasteiger partial charge on any atom is -0.452 e. The Bertz CT molecular complexity index is 945. The van der Waals surface area contributed by atoms with E-state index in [9.17, 15) is 9.59 Å². The zero-order valence-corrected chi connectivity index (χ0v) is 16.4. The molecule has 1 aromatic heterocycles. The van der Waals surface area contributed by atoms with Crippen molar-refractivity contribution in [3.05, 3.63) is 54.1 Å². The first kappa shape index (κ1) is 19.0. The number of benzene rings is 2. The first-order valence-electron chi connectivity index (χ1n) is 8.83. The maximum absolute atomic E-state index is 12.6. The highest BCUT2D eigenvalue weighted by Crippen LogP contribution is 2.32. The van der Waals surface area contributed by atoms with Crippen LogP contribution in [0.25, 0.3) is 20.8 Å². The third-order valence-electron chi connectivity index (χ3n) is 4.37. The van der Waals surface area contributed by atoms with Crippen LogP contribution in [0.3, 0.4) is 0 Å². The van der Waals surface area contributed by atoms with Gasteiger partial charge in [0.2, 0.25) is 0 Å². The molecule has 0 saturated heterocycles. The van der Waals surface area contributed by atoms with Crippen molar-refractivity contribution in [3.63, 3.8) is 0 Å². The topological polar surface area (TPSA) is 68.3 Å². The van der Waals surface area contributed by atoms with Crippen molar-refractivity contribution in [3.8, 4) is 10.6 Å². The van der Waals surface area contributed by atoms with Crippen molar-refractivity contribution in [1.29, 1.82) is 0 Å². The molecule has 3 aromatic rings. The van der Waals surface area contributed by atoms with Crippen LogP contribution in [-0.2, 0) is 9.53 Å². The molecule has 3 rings (SSSR count). The SMILES string of the molecule is CCC(C)(C)NC(=O)COC(=O)c1ccccc1-c1nc2ccccc2s1. The lowest BCUT2D eigenvalue weighted by Crippen LogP contribution is -2.44. The first-order chi connectivity index (χ1) is 12.9. The Labute approximate surface area is 162 Å². The van der Waals surface area contributed by atoms with Crippen LogP contribution in [-0.4, -0.2) is 29.0 Å². The number of ether oxygens (including phenoxy) is 1. The lowest BCUT2D eigenvalue weighted by Gasteiger charge is -2.24. The second-order valence-electron chi connectivity index (χ2n) is 6.89. The summed E-state index contributed by atoms with van der Waals surface area (Å²) in [6.07, 6.45) is 0.785. The van der Waals surface area contributed by atoms with E-state index < -0.39 is 5.97 Å². The normalized spacial score (nSPS) is 11.4. The highest BCUT2D eigenvalue weighted by Gasteiger charge is 2.21. The summed E-state index contributed by atoms with van der Waals surface area (Å²) in [6, 6.07) is 15.0. The van der Waals surface area contributed by atoms with E-state index in [4.69, 9.17) is 4.74 Å². The number of hydrogen-bond acceptors (Lipinski definition) is 5. The predicted molar refractivity (Wildman–Crippen MR) is 108 cm³/mol. The van der Waals surface area contributed by atoms with E-state index in [1.165, 1.54) is 11.3 Å². The van der Waals surface area contributed by atoms with Gasteiger partial charge in [-0.2, -0.15) is 0 Å². The van der Waals surface area contributed by atoms with Crippen molar-refractivity contribution >= 4 is 33.4 Å². The zero-order valence-electron chi connectivity index (χ0n) is 15.6. The van der Waals surface area contributed by atoms with Gasteiger partial charge in [0.05, 0.1) is 15.8 Å². The van der Waals surface area contributed by atoms with Gasteiger partial charge in [0.15, 0.2) is 6.61 Å². The van der Waals surface area contributed by atoms with Crippen molar-refractivity contribution in [2.24, 2.45) is 0 Å². The number of amides is 1. The summed E-state index contributed by atoms with van der Waals surface area (Å²) in [6.45, 7) is 5.53. The lowest BCUT2D eigenvalue weighted by atomic mass is 10.0. The summed E-state index contributed by atoms with van der Waals surface area (Å²) in [5, 5.41) is 3.60. The van der Waals surface area contributed by atoms with Crippen LogP contribution < -0.4 is 5.32 Å². The molecule has 1 amide bonds. The molecule has 0 spiro atoms. The number of nitrogens with one attached hydrogen (secondary N) is 1. The monoisotopic (exact) mass is 382 g/mol. The minimum atomic E-state index is -0.533. The molecule has 6 heteroatoms. The molecule has 0 radical (unpaired) electrons. The summed E-state index contributed by atoms with van der Waals surface area (Å²) in [5.74, 6) is -0.845. The molecule has 0 aliphatic heterocycles. The summed E-state index contributed by atoms with van der Waals surface area (Å²) >= 11 is 1.52. The maximum Gasteiger partial charge on any atom is 0.339 e. The van der Waals surface area contributed by atoms with E-state index in [1.807, 2.05) is 57.2 Å². The zero-order chi connectivity index (χ0) is 19.4. The number of rotatable bonds is 6. The van der Waals surface area contributed by atoms with Gasteiger partial charge in [-0.15, -0.1) is 11.3 Å². The van der Waals surface area contributed by atoms with Crippen LogP contribution in [0, 0.1) is 0 Å². The number of carbonyl (C=O) groups excluding carboxylic acids is 2. The van der Waals surface area contributed by atoms with Gasteiger partial charge < -0.3 is 10.1 Å². The van der Waals surface area contributed by atoms with Crippen LogP contribution in [0.15, 0.2) is 48.5 Å². The van der Waals surface area contributed by atoms with Gasteiger partial charge >= 0.3 is 5.97 Å². The molecule has 0 atom stereocenters. The molecule has 0 saturated carbocycles. The fraction of sp³-hybridized carbons (Fsp3) is 0.286. The molecule has 0 fully saturated rings. The summed E-state index contributed by atoms with van der Waals surface area (Å²) < 4.78 is 6.29. The van der Waals surface area contributed by atoms with Crippen LogP contribution >= 0.6 is 11.3 Å². The van der Waals surface area contributed by atoms with Gasteiger partial charge in [-0.25, -0.2) is 9.78 Å². The number of carbonyl (C=O) groups is 2. The molecule has 1 heterocycles. The summed E-state index contributed by atoms with van der Waals surface area (Å²) in [7, 11) is 0. The standard InChI is InChI=1S/C21H22N2O3S/c1-4-21(2,3)23-18(24)13-26-20(25)15-10-6-5-9-14(15)19-22-16-11-7-8-12-17(16)27-19/h5-12H,4,13H2,1-3H3,(H,23,24). The Balaban J connectivity index is 1.77. The Morgan fingerprint density at radius 2 is 1.81 bits per heavy atom. The summed E-state index contributed by atoms with van der Waals surface area (Å²) in [4.78, 5) is 29.2. The van der Waals surface area contributed by atoms with E-state index in [-0.39, 0.29) is 18.1 Å². The quantitative estimate of drug-likeness (QED) is 0.641. The fourth-order valence-corrected chi connectivity index (χ4v) is 3.55. The third kappa shape index (κ3) is 4.52. The number of hydrogen-bond donors (Lipinski definition) is 1. The molecule has 5 nitrogen and oxygen atoms in total. The number of esters is 1. The maximum atomic E-state index is 12.6. The van der Waals surface area contributed by atoms with Crippen molar-refractivity contribution in [1.82, 2.24) is 10.3 Å². The van der Waals surface area contributed by atoms with E-state index >= 15 is 0 Å². The minimum absolute atomic E-state index is 0.309. The molecule has 27 heavy (non-hydrogen) atoms. The molecule has 0 unspecified atom stereocenters. The summed E-state index contributed by atoms with van der Waals surface area (Å²) in [5.41, 5.74) is 1.67. The van der Waals surface area contributed by atoms with Crippen molar-refractivity contribution in [2.45, 2.75) is 32.7 Å². The molecule has 140 valence electrons. The van der Waals surface area contributed by atoms with Crippen LogP contribution in [0.4, 0.5) is 0 Å². The number of nitrogens with zero attached hydrogens (tertiary/aromatic N) is 1. The van der Waals surface area contributed by atoms with Crippen molar-refractivity contribution < 1.29 is 14.3 Å². The molecular weight excluding hydrogens is 360 g/mol. The number of thiazole rings is 1.